The van der Waals surface area contributed by atoms with Crippen molar-refractivity contribution in [2.45, 2.75) is 20.8 Å². The molecule has 3 heteroatoms. The molecule has 0 amide bonds. The van der Waals surface area contributed by atoms with Crippen molar-refractivity contribution in [3.63, 3.8) is 0 Å². The summed E-state index contributed by atoms with van der Waals surface area (Å²) in [7, 11) is 0. The van der Waals surface area contributed by atoms with Gasteiger partial charge in [0.05, 0.1) is 6.61 Å². The topological polar surface area (TPSA) is 9.23 Å². The zero-order chi connectivity index (χ0) is 11.4. The van der Waals surface area contributed by atoms with Gasteiger partial charge in [0.1, 0.15) is 5.75 Å². The van der Waals surface area contributed by atoms with E-state index in [-0.39, 0.29) is 0 Å². The summed E-state index contributed by atoms with van der Waals surface area (Å²) in [6.07, 6.45) is 0. The molecule has 1 unspecified atom stereocenters. The van der Waals surface area contributed by atoms with Gasteiger partial charge in [0.25, 0.3) is 0 Å². The molecule has 0 saturated heterocycles. The van der Waals surface area contributed by atoms with Gasteiger partial charge >= 0.3 is 0 Å². The minimum absolute atomic E-state index is 0.362. The number of hydrogen-bond acceptors (Lipinski definition) is 1. The molecule has 0 fully saturated rings. The van der Waals surface area contributed by atoms with Crippen LogP contribution in [0.25, 0.3) is 0 Å². The first kappa shape index (κ1) is 12.7. The highest BCUT2D eigenvalue weighted by Gasteiger charge is 2.07. The van der Waals surface area contributed by atoms with Crippen LogP contribution in [0, 0.1) is 19.8 Å². The molecular formula is C12H16Cl2O. The van der Waals surface area contributed by atoms with Crippen molar-refractivity contribution in [1.82, 2.24) is 0 Å². The van der Waals surface area contributed by atoms with Crippen LogP contribution in [0.1, 0.15) is 18.1 Å². The molecule has 1 aromatic rings. The first-order valence-electron chi connectivity index (χ1n) is 5.00. The number of benzene rings is 1. The van der Waals surface area contributed by atoms with Crippen LogP contribution in [0.2, 0.25) is 5.02 Å². The average molecular weight is 247 g/mol. The van der Waals surface area contributed by atoms with E-state index >= 15 is 0 Å². The quantitative estimate of drug-likeness (QED) is 0.724. The summed E-state index contributed by atoms with van der Waals surface area (Å²) in [5.41, 5.74) is 2.14. The third-order valence-corrected chi connectivity index (χ3v) is 2.95. The number of alkyl halides is 1. The Hall–Kier alpha value is -0.400. The largest absolute Gasteiger partial charge is 0.493 e. The minimum atomic E-state index is 0.362. The maximum Gasteiger partial charge on any atom is 0.125 e. The van der Waals surface area contributed by atoms with E-state index in [1.807, 2.05) is 26.0 Å². The molecule has 1 nitrogen and oxygen atoms in total. The van der Waals surface area contributed by atoms with Crippen LogP contribution in [-0.4, -0.2) is 12.5 Å². The third kappa shape index (κ3) is 3.58. The lowest BCUT2D eigenvalue weighted by Crippen LogP contribution is -2.11. The van der Waals surface area contributed by atoms with Crippen molar-refractivity contribution in [2.24, 2.45) is 5.92 Å². The Morgan fingerprint density at radius 1 is 1.27 bits per heavy atom. The molecule has 0 bridgehead atoms. The molecule has 0 aliphatic carbocycles. The molecule has 0 saturated carbocycles. The van der Waals surface area contributed by atoms with E-state index in [9.17, 15) is 0 Å². The Kier molecular flexibility index (Phi) is 4.75. The van der Waals surface area contributed by atoms with Gasteiger partial charge in [0.2, 0.25) is 0 Å². The molecular weight excluding hydrogens is 231 g/mol. The van der Waals surface area contributed by atoms with E-state index in [0.29, 0.717) is 18.4 Å². The molecule has 0 aromatic heterocycles. The average Bonchev–Trinajstić information content (AvgIpc) is 2.15. The highest BCUT2D eigenvalue weighted by molar-refractivity contribution is 6.30. The molecule has 84 valence electrons. The van der Waals surface area contributed by atoms with Gasteiger partial charge in [0, 0.05) is 16.8 Å². The van der Waals surface area contributed by atoms with Crippen LogP contribution >= 0.6 is 23.2 Å². The summed E-state index contributed by atoms with van der Waals surface area (Å²) in [5, 5.41) is 0.753. The Morgan fingerprint density at radius 3 is 2.27 bits per heavy atom. The monoisotopic (exact) mass is 246 g/mol. The minimum Gasteiger partial charge on any atom is -0.493 e. The molecule has 1 aromatic carbocycles. The molecule has 1 atom stereocenters. The summed E-state index contributed by atoms with van der Waals surface area (Å²) in [6, 6.07) is 3.82. The van der Waals surface area contributed by atoms with Crippen molar-refractivity contribution in [3.8, 4) is 5.75 Å². The molecule has 1 rings (SSSR count). The lowest BCUT2D eigenvalue weighted by molar-refractivity contribution is 0.269. The van der Waals surface area contributed by atoms with E-state index < -0.39 is 0 Å². The highest BCUT2D eigenvalue weighted by atomic mass is 35.5. The predicted octanol–water partition coefficient (Wildman–Crippen LogP) is 4.21. The molecule has 0 aliphatic heterocycles. The third-order valence-electron chi connectivity index (χ3n) is 2.20. The first-order chi connectivity index (χ1) is 7.04. The van der Waals surface area contributed by atoms with Crippen LogP contribution < -0.4 is 4.74 Å². The Bertz CT molecular complexity index is 313. The SMILES string of the molecule is Cc1cc(Cl)cc(C)c1OCC(C)CCl. The Labute approximate surface area is 101 Å². The fourth-order valence-corrected chi connectivity index (χ4v) is 1.81. The zero-order valence-corrected chi connectivity index (χ0v) is 10.8. The van der Waals surface area contributed by atoms with Crippen molar-refractivity contribution in [3.05, 3.63) is 28.3 Å². The van der Waals surface area contributed by atoms with Crippen LogP contribution in [0.15, 0.2) is 12.1 Å². The fraction of sp³-hybridized carbons (Fsp3) is 0.500. The van der Waals surface area contributed by atoms with E-state index in [1.165, 1.54) is 0 Å². The molecule has 0 spiro atoms. The maximum absolute atomic E-state index is 5.94. The second kappa shape index (κ2) is 5.62. The first-order valence-corrected chi connectivity index (χ1v) is 5.91. The second-order valence-electron chi connectivity index (χ2n) is 3.94. The number of aryl methyl sites for hydroxylation is 2. The van der Waals surface area contributed by atoms with Gasteiger partial charge in [-0.05, 0) is 37.1 Å². The van der Waals surface area contributed by atoms with Gasteiger partial charge in [-0.1, -0.05) is 18.5 Å². The van der Waals surface area contributed by atoms with Crippen molar-refractivity contribution in [2.75, 3.05) is 12.5 Å². The standard InChI is InChI=1S/C12H16Cl2O/c1-8(6-13)7-15-12-9(2)4-11(14)5-10(12)3/h4-5,8H,6-7H2,1-3H3. The summed E-state index contributed by atoms with van der Waals surface area (Å²) >= 11 is 11.7. The number of hydrogen-bond donors (Lipinski definition) is 0. The zero-order valence-electron chi connectivity index (χ0n) is 9.31. The van der Waals surface area contributed by atoms with Crippen LogP contribution in [0.4, 0.5) is 0 Å². The van der Waals surface area contributed by atoms with E-state index in [1.54, 1.807) is 0 Å². The second-order valence-corrected chi connectivity index (χ2v) is 4.68. The van der Waals surface area contributed by atoms with Crippen LogP contribution in [0.3, 0.4) is 0 Å². The molecule has 0 aliphatic rings. The van der Waals surface area contributed by atoms with Gasteiger partial charge in [-0.3, -0.25) is 0 Å². The number of rotatable bonds is 4. The van der Waals surface area contributed by atoms with E-state index in [0.717, 1.165) is 21.9 Å². The van der Waals surface area contributed by atoms with Crippen molar-refractivity contribution < 1.29 is 4.74 Å². The Morgan fingerprint density at radius 2 is 1.80 bits per heavy atom. The fourth-order valence-electron chi connectivity index (χ4n) is 1.40. The maximum atomic E-state index is 5.94. The lowest BCUT2D eigenvalue weighted by Gasteiger charge is -2.15. The summed E-state index contributed by atoms with van der Waals surface area (Å²) in [5.74, 6) is 1.91. The van der Waals surface area contributed by atoms with E-state index in [4.69, 9.17) is 27.9 Å². The van der Waals surface area contributed by atoms with Gasteiger partial charge in [-0.15, -0.1) is 11.6 Å². The molecule has 0 N–H and O–H groups in total. The predicted molar refractivity (Wildman–Crippen MR) is 66.3 cm³/mol. The molecule has 15 heavy (non-hydrogen) atoms. The van der Waals surface area contributed by atoms with Gasteiger partial charge in [-0.25, -0.2) is 0 Å². The van der Waals surface area contributed by atoms with Crippen LogP contribution in [-0.2, 0) is 0 Å². The summed E-state index contributed by atoms with van der Waals surface area (Å²) < 4.78 is 5.73. The number of ether oxygens (including phenoxy) is 1. The summed E-state index contributed by atoms with van der Waals surface area (Å²) in [6.45, 7) is 6.71. The van der Waals surface area contributed by atoms with Crippen LogP contribution in [0.5, 0.6) is 5.75 Å². The smallest absolute Gasteiger partial charge is 0.125 e. The van der Waals surface area contributed by atoms with Gasteiger partial charge in [0.15, 0.2) is 0 Å². The molecule has 0 radical (unpaired) electrons. The van der Waals surface area contributed by atoms with E-state index in [2.05, 4.69) is 6.92 Å². The van der Waals surface area contributed by atoms with Gasteiger partial charge in [-0.2, -0.15) is 0 Å². The highest BCUT2D eigenvalue weighted by Crippen LogP contribution is 2.27. The summed E-state index contributed by atoms with van der Waals surface area (Å²) in [4.78, 5) is 0. The van der Waals surface area contributed by atoms with Crippen molar-refractivity contribution in [1.29, 1.82) is 0 Å². The van der Waals surface area contributed by atoms with Crippen molar-refractivity contribution >= 4 is 23.2 Å². The Balaban J connectivity index is 2.77. The molecule has 0 heterocycles. The normalized spacial score (nSPS) is 12.6. The van der Waals surface area contributed by atoms with Gasteiger partial charge < -0.3 is 4.74 Å². The number of halogens is 2. The lowest BCUT2D eigenvalue weighted by atomic mass is 10.1.